The lowest BCUT2D eigenvalue weighted by molar-refractivity contribution is 0.105. The van der Waals surface area contributed by atoms with Crippen LogP contribution in [0.2, 0.25) is 0 Å². The first-order valence-electron chi connectivity index (χ1n) is 10.2. The Balaban J connectivity index is 1.81. The smallest absolute Gasteiger partial charge is 0.350 e. The average Bonchev–Trinajstić information content (AvgIpc) is 3.47. The van der Waals surface area contributed by atoms with Crippen LogP contribution in [0.1, 0.15) is 31.4 Å². The summed E-state index contributed by atoms with van der Waals surface area (Å²) in [5, 5.41) is 0.0448. The Morgan fingerprint density at radius 3 is 2.63 bits per heavy atom. The van der Waals surface area contributed by atoms with Crippen molar-refractivity contribution in [3.8, 4) is 0 Å². The largest absolute Gasteiger partial charge is 0.380 e. The third-order valence-electron chi connectivity index (χ3n) is 6.15. The van der Waals surface area contributed by atoms with E-state index in [-0.39, 0.29) is 36.8 Å². The standard InChI is InChI=1S/C20H27F2N5O3/c1-3-30-9-16(23)13-7-25(8-15(13)22)18-10(2)17-12(6-14(18)21)19(28)27(24)20(29)26(17)11-4-5-11/h6,11,13,15-16H,3-5,7-9,23-24H2,1-2H3/t13-,15-,16+/m0/s1. The van der Waals surface area contributed by atoms with Crippen molar-refractivity contribution in [3.05, 3.63) is 38.3 Å². The van der Waals surface area contributed by atoms with Gasteiger partial charge in [0.05, 0.1) is 23.2 Å². The van der Waals surface area contributed by atoms with E-state index in [1.807, 2.05) is 6.92 Å². The normalized spacial score (nSPS) is 22.8. The number of aryl methyl sites for hydroxylation is 1. The highest BCUT2D eigenvalue weighted by molar-refractivity contribution is 5.87. The molecule has 164 valence electrons. The van der Waals surface area contributed by atoms with Crippen molar-refractivity contribution in [2.75, 3.05) is 37.0 Å². The molecule has 1 saturated heterocycles. The third kappa shape index (κ3) is 3.27. The fourth-order valence-corrected chi connectivity index (χ4v) is 4.47. The van der Waals surface area contributed by atoms with Gasteiger partial charge in [-0.3, -0.25) is 9.36 Å². The molecule has 8 nitrogen and oxygen atoms in total. The summed E-state index contributed by atoms with van der Waals surface area (Å²) < 4.78 is 37.2. The molecule has 1 aliphatic carbocycles. The Labute approximate surface area is 172 Å². The zero-order valence-corrected chi connectivity index (χ0v) is 17.1. The Morgan fingerprint density at radius 2 is 2.00 bits per heavy atom. The van der Waals surface area contributed by atoms with Gasteiger partial charge < -0.3 is 21.2 Å². The van der Waals surface area contributed by atoms with E-state index >= 15 is 4.39 Å². The summed E-state index contributed by atoms with van der Waals surface area (Å²) in [7, 11) is 0. The monoisotopic (exact) mass is 423 g/mol. The number of halogens is 2. The van der Waals surface area contributed by atoms with Crippen LogP contribution in [-0.4, -0.2) is 47.8 Å². The second-order valence-electron chi connectivity index (χ2n) is 8.20. The zero-order chi connectivity index (χ0) is 21.7. The van der Waals surface area contributed by atoms with Crippen LogP contribution < -0.4 is 27.7 Å². The molecular weight excluding hydrogens is 396 g/mol. The summed E-state index contributed by atoms with van der Waals surface area (Å²) in [5.41, 5.74) is 5.71. The maximum Gasteiger partial charge on any atom is 0.350 e. The van der Waals surface area contributed by atoms with Gasteiger partial charge in [0.15, 0.2) is 0 Å². The maximum absolute atomic E-state index is 15.2. The zero-order valence-electron chi connectivity index (χ0n) is 17.1. The number of nitrogens with two attached hydrogens (primary N) is 2. The summed E-state index contributed by atoms with van der Waals surface area (Å²) in [6, 6.07) is 0.512. The number of hydrogen-bond acceptors (Lipinski definition) is 6. The lowest BCUT2D eigenvalue weighted by Crippen LogP contribution is -2.44. The maximum atomic E-state index is 15.2. The van der Waals surface area contributed by atoms with Gasteiger partial charge in [-0.1, -0.05) is 0 Å². The van der Waals surface area contributed by atoms with E-state index < -0.39 is 35.2 Å². The van der Waals surface area contributed by atoms with Crippen LogP contribution in [0.4, 0.5) is 14.5 Å². The summed E-state index contributed by atoms with van der Waals surface area (Å²) >= 11 is 0. The Kier molecular flexibility index (Phi) is 5.31. The van der Waals surface area contributed by atoms with E-state index in [1.54, 1.807) is 11.8 Å². The Hall–Kier alpha value is -2.46. The lowest BCUT2D eigenvalue weighted by atomic mass is 9.99. The van der Waals surface area contributed by atoms with Crippen LogP contribution in [0.5, 0.6) is 0 Å². The third-order valence-corrected chi connectivity index (χ3v) is 6.15. The molecule has 1 aromatic heterocycles. The van der Waals surface area contributed by atoms with Crippen LogP contribution in [0, 0.1) is 18.7 Å². The quantitative estimate of drug-likeness (QED) is 0.666. The van der Waals surface area contributed by atoms with Gasteiger partial charge in [0.25, 0.3) is 5.56 Å². The molecule has 30 heavy (non-hydrogen) atoms. The van der Waals surface area contributed by atoms with E-state index in [0.29, 0.717) is 22.4 Å². The van der Waals surface area contributed by atoms with Crippen LogP contribution in [-0.2, 0) is 4.74 Å². The molecule has 0 unspecified atom stereocenters. The summed E-state index contributed by atoms with van der Waals surface area (Å²) in [6.07, 6.45) is 0.325. The second-order valence-corrected chi connectivity index (χ2v) is 8.20. The predicted octanol–water partition coefficient (Wildman–Crippen LogP) is 0.798. The molecule has 4 N–H and O–H groups in total. The van der Waals surface area contributed by atoms with Gasteiger partial charge in [-0.2, -0.15) is 4.68 Å². The van der Waals surface area contributed by atoms with Crippen molar-refractivity contribution in [1.29, 1.82) is 0 Å². The number of alkyl halides is 1. The molecule has 4 rings (SSSR count). The first-order valence-corrected chi connectivity index (χ1v) is 10.2. The van der Waals surface area contributed by atoms with Gasteiger partial charge in [0.2, 0.25) is 0 Å². The Bertz CT molecular complexity index is 1090. The minimum atomic E-state index is -1.24. The van der Waals surface area contributed by atoms with Crippen LogP contribution in [0.25, 0.3) is 10.9 Å². The fourth-order valence-electron chi connectivity index (χ4n) is 4.47. The number of ether oxygens (including phenoxy) is 1. The van der Waals surface area contributed by atoms with Crippen LogP contribution >= 0.6 is 0 Å². The van der Waals surface area contributed by atoms with E-state index in [4.69, 9.17) is 16.3 Å². The minimum Gasteiger partial charge on any atom is -0.380 e. The first kappa shape index (κ1) is 20.8. The number of nitrogen functional groups attached to an aromatic ring is 1. The molecule has 0 bridgehead atoms. The van der Waals surface area contributed by atoms with Gasteiger partial charge in [-0.25, -0.2) is 13.6 Å². The first-order chi connectivity index (χ1) is 14.3. The van der Waals surface area contributed by atoms with Gasteiger partial charge in [-0.05, 0) is 32.8 Å². The van der Waals surface area contributed by atoms with Crippen LogP contribution in [0.15, 0.2) is 15.7 Å². The van der Waals surface area contributed by atoms with Crippen molar-refractivity contribution in [1.82, 2.24) is 9.24 Å². The van der Waals surface area contributed by atoms with Crippen LogP contribution in [0.3, 0.4) is 0 Å². The van der Waals surface area contributed by atoms with Gasteiger partial charge in [0, 0.05) is 43.3 Å². The fraction of sp³-hybridized carbons (Fsp3) is 0.600. The molecule has 1 aromatic carbocycles. The number of benzene rings is 1. The topological polar surface area (TPSA) is 109 Å². The highest BCUT2D eigenvalue weighted by atomic mass is 19.1. The SMILES string of the molecule is CCOC[C@@H](N)[C@H]1CN(c2c(F)cc3c(=O)n(N)c(=O)n(C4CC4)c3c2C)C[C@@H]1F. The molecule has 0 amide bonds. The molecule has 0 spiro atoms. The molecule has 2 fully saturated rings. The van der Waals surface area contributed by atoms with Crippen molar-refractivity contribution in [2.45, 2.75) is 44.9 Å². The molecular formula is C20H27F2N5O3. The highest BCUT2D eigenvalue weighted by Gasteiger charge is 2.39. The summed E-state index contributed by atoms with van der Waals surface area (Å²) in [4.78, 5) is 26.8. The number of fused-ring (bicyclic) bond motifs is 1. The van der Waals surface area contributed by atoms with Gasteiger partial charge in [-0.15, -0.1) is 0 Å². The molecule has 3 atom stereocenters. The molecule has 2 aromatic rings. The number of anilines is 1. The van der Waals surface area contributed by atoms with Crippen molar-refractivity contribution < 1.29 is 13.5 Å². The van der Waals surface area contributed by atoms with E-state index in [0.717, 1.165) is 18.9 Å². The summed E-state index contributed by atoms with van der Waals surface area (Å²) in [5.74, 6) is 4.49. The molecule has 2 heterocycles. The van der Waals surface area contributed by atoms with Crippen molar-refractivity contribution in [2.24, 2.45) is 11.7 Å². The van der Waals surface area contributed by atoms with E-state index in [1.165, 1.54) is 4.57 Å². The molecule has 2 aliphatic rings. The lowest BCUT2D eigenvalue weighted by Gasteiger charge is -2.25. The minimum absolute atomic E-state index is 0.0185. The van der Waals surface area contributed by atoms with Gasteiger partial charge >= 0.3 is 5.69 Å². The van der Waals surface area contributed by atoms with E-state index in [9.17, 15) is 14.0 Å². The van der Waals surface area contributed by atoms with E-state index in [2.05, 4.69) is 0 Å². The van der Waals surface area contributed by atoms with Gasteiger partial charge in [0.1, 0.15) is 12.0 Å². The molecule has 1 saturated carbocycles. The predicted molar refractivity (Wildman–Crippen MR) is 111 cm³/mol. The van der Waals surface area contributed by atoms with Crippen molar-refractivity contribution >= 4 is 16.6 Å². The second kappa shape index (κ2) is 7.66. The molecule has 1 aliphatic heterocycles. The highest BCUT2D eigenvalue weighted by Crippen LogP contribution is 2.39. The number of rotatable bonds is 6. The number of aromatic nitrogens is 2. The number of nitrogens with zero attached hydrogens (tertiary/aromatic N) is 3. The molecule has 0 radical (unpaired) electrons. The summed E-state index contributed by atoms with van der Waals surface area (Å²) in [6.45, 7) is 4.40. The molecule has 10 heteroatoms. The van der Waals surface area contributed by atoms with Crippen molar-refractivity contribution in [3.63, 3.8) is 0 Å². The number of hydrogen-bond donors (Lipinski definition) is 2. The average molecular weight is 423 g/mol. The Morgan fingerprint density at radius 1 is 1.30 bits per heavy atom.